The molecule has 0 fully saturated rings. The molecule has 0 radical (unpaired) electrons. The summed E-state index contributed by atoms with van der Waals surface area (Å²) >= 11 is 0. The molecule has 0 spiro atoms. The second-order valence-corrected chi connectivity index (χ2v) is 5.68. The van der Waals surface area contributed by atoms with Gasteiger partial charge in [-0.2, -0.15) is 0 Å². The smallest absolute Gasteiger partial charge is 0.420 e. The van der Waals surface area contributed by atoms with Crippen LogP contribution in [-0.4, -0.2) is 23.6 Å². The van der Waals surface area contributed by atoms with Crippen molar-refractivity contribution in [2.45, 2.75) is 19.6 Å². The Hall–Kier alpha value is -3.35. The van der Waals surface area contributed by atoms with Gasteiger partial charge in [-0.3, -0.25) is 4.57 Å². The number of oxazole rings is 1. The Labute approximate surface area is 148 Å². The van der Waals surface area contributed by atoms with E-state index in [0.717, 1.165) is 5.56 Å². The number of aromatic nitrogens is 1. The van der Waals surface area contributed by atoms with E-state index in [2.05, 4.69) is 4.74 Å². The summed E-state index contributed by atoms with van der Waals surface area (Å²) in [4.78, 5) is 36.1. The Morgan fingerprint density at radius 2 is 1.88 bits per heavy atom. The van der Waals surface area contributed by atoms with Crippen molar-refractivity contribution in [3.8, 4) is 0 Å². The summed E-state index contributed by atoms with van der Waals surface area (Å²) in [5.74, 6) is -1.81. The molecule has 0 bridgehead atoms. The standard InChI is InChI=1S/C19H17NO6/c1-12(17(21)25-11-13-6-4-3-5-7-13)20-15-9-8-14(18(22)24-2)10-16(15)26-19(20)23/h3-10,12H,11H2,1-2H3. The van der Waals surface area contributed by atoms with Crippen LogP contribution in [0.4, 0.5) is 0 Å². The fourth-order valence-corrected chi connectivity index (χ4v) is 2.60. The monoisotopic (exact) mass is 355 g/mol. The molecule has 0 amide bonds. The number of rotatable bonds is 5. The summed E-state index contributed by atoms with van der Waals surface area (Å²) in [6.45, 7) is 1.67. The molecule has 26 heavy (non-hydrogen) atoms. The van der Waals surface area contributed by atoms with Gasteiger partial charge >= 0.3 is 17.7 Å². The minimum atomic E-state index is -0.878. The minimum absolute atomic E-state index is 0.112. The van der Waals surface area contributed by atoms with Crippen molar-refractivity contribution in [1.29, 1.82) is 0 Å². The van der Waals surface area contributed by atoms with E-state index in [1.807, 2.05) is 30.3 Å². The van der Waals surface area contributed by atoms with Crippen LogP contribution in [0.3, 0.4) is 0 Å². The van der Waals surface area contributed by atoms with Crippen LogP contribution in [0.2, 0.25) is 0 Å². The number of hydrogen-bond donors (Lipinski definition) is 0. The van der Waals surface area contributed by atoms with Gasteiger partial charge in [0.25, 0.3) is 0 Å². The van der Waals surface area contributed by atoms with Crippen LogP contribution in [0.5, 0.6) is 0 Å². The van der Waals surface area contributed by atoms with Gasteiger partial charge in [-0.25, -0.2) is 14.4 Å². The number of hydrogen-bond acceptors (Lipinski definition) is 6. The highest BCUT2D eigenvalue weighted by molar-refractivity contribution is 5.93. The first kappa shape index (κ1) is 17.5. The maximum atomic E-state index is 12.3. The SMILES string of the molecule is COC(=O)c1ccc2c(c1)oc(=O)n2C(C)C(=O)OCc1ccccc1. The number of nitrogens with zero attached hydrogens (tertiary/aromatic N) is 1. The van der Waals surface area contributed by atoms with Gasteiger partial charge in [0.2, 0.25) is 0 Å². The summed E-state index contributed by atoms with van der Waals surface area (Å²) in [6, 6.07) is 12.8. The fourth-order valence-electron chi connectivity index (χ4n) is 2.60. The molecule has 0 saturated heterocycles. The second kappa shape index (κ2) is 7.26. The van der Waals surface area contributed by atoms with E-state index in [4.69, 9.17) is 9.15 Å². The molecule has 1 heterocycles. The first-order valence-electron chi connectivity index (χ1n) is 7.95. The number of esters is 2. The molecule has 1 atom stereocenters. The Balaban J connectivity index is 1.84. The predicted molar refractivity (Wildman–Crippen MR) is 92.8 cm³/mol. The Morgan fingerprint density at radius 3 is 2.58 bits per heavy atom. The van der Waals surface area contributed by atoms with E-state index in [1.54, 1.807) is 6.92 Å². The van der Waals surface area contributed by atoms with E-state index < -0.39 is 23.7 Å². The lowest BCUT2D eigenvalue weighted by Crippen LogP contribution is -2.26. The van der Waals surface area contributed by atoms with Gasteiger partial charge in [-0.15, -0.1) is 0 Å². The van der Waals surface area contributed by atoms with Crippen LogP contribution in [0, 0.1) is 0 Å². The highest BCUT2D eigenvalue weighted by Gasteiger charge is 2.23. The van der Waals surface area contributed by atoms with Crippen LogP contribution in [-0.2, 0) is 20.9 Å². The average Bonchev–Trinajstić information content (AvgIpc) is 3.00. The van der Waals surface area contributed by atoms with E-state index in [9.17, 15) is 14.4 Å². The van der Waals surface area contributed by atoms with Crippen molar-refractivity contribution in [2.24, 2.45) is 0 Å². The van der Waals surface area contributed by atoms with Crippen molar-refractivity contribution in [3.05, 3.63) is 70.2 Å². The molecule has 0 saturated carbocycles. The minimum Gasteiger partial charge on any atom is -0.465 e. The molecule has 3 aromatic rings. The van der Waals surface area contributed by atoms with Crippen molar-refractivity contribution in [2.75, 3.05) is 7.11 Å². The quantitative estimate of drug-likeness (QED) is 0.654. The maximum Gasteiger partial charge on any atom is 0.420 e. The van der Waals surface area contributed by atoms with Crippen molar-refractivity contribution in [1.82, 2.24) is 4.57 Å². The highest BCUT2D eigenvalue weighted by atomic mass is 16.5. The zero-order valence-electron chi connectivity index (χ0n) is 14.3. The number of fused-ring (bicyclic) bond motifs is 1. The third kappa shape index (κ3) is 3.37. The molecule has 7 nitrogen and oxygen atoms in total. The highest BCUT2D eigenvalue weighted by Crippen LogP contribution is 2.20. The van der Waals surface area contributed by atoms with Gasteiger partial charge in [-0.1, -0.05) is 30.3 Å². The van der Waals surface area contributed by atoms with Crippen LogP contribution >= 0.6 is 0 Å². The zero-order valence-corrected chi connectivity index (χ0v) is 14.3. The molecule has 7 heteroatoms. The molecule has 0 aliphatic rings. The third-order valence-electron chi connectivity index (χ3n) is 3.99. The van der Waals surface area contributed by atoms with Crippen LogP contribution in [0.25, 0.3) is 11.1 Å². The summed E-state index contributed by atoms with van der Waals surface area (Å²) in [6.07, 6.45) is 0. The van der Waals surface area contributed by atoms with E-state index in [1.165, 1.54) is 29.9 Å². The van der Waals surface area contributed by atoms with Crippen LogP contribution < -0.4 is 5.76 Å². The van der Waals surface area contributed by atoms with Crippen molar-refractivity contribution < 1.29 is 23.5 Å². The maximum absolute atomic E-state index is 12.3. The van der Waals surface area contributed by atoms with Gasteiger partial charge in [0, 0.05) is 0 Å². The number of carbonyl (C=O) groups excluding carboxylic acids is 2. The third-order valence-corrected chi connectivity index (χ3v) is 3.99. The fraction of sp³-hybridized carbons (Fsp3) is 0.211. The Kier molecular flexibility index (Phi) is 4.88. The second-order valence-electron chi connectivity index (χ2n) is 5.68. The van der Waals surface area contributed by atoms with E-state index in [-0.39, 0.29) is 17.8 Å². The molecule has 3 rings (SSSR count). The largest absolute Gasteiger partial charge is 0.465 e. The van der Waals surface area contributed by atoms with Gasteiger partial charge in [0.05, 0.1) is 18.2 Å². The van der Waals surface area contributed by atoms with Crippen LogP contribution in [0.1, 0.15) is 28.9 Å². The van der Waals surface area contributed by atoms with Gasteiger partial charge in [-0.05, 0) is 30.7 Å². The van der Waals surface area contributed by atoms with E-state index in [0.29, 0.717) is 5.52 Å². The van der Waals surface area contributed by atoms with Crippen molar-refractivity contribution >= 4 is 23.0 Å². The molecule has 0 aliphatic carbocycles. The lowest BCUT2D eigenvalue weighted by Gasteiger charge is -2.12. The number of benzene rings is 2. The summed E-state index contributed by atoms with van der Waals surface area (Å²) in [7, 11) is 1.26. The Bertz CT molecular complexity index is 1000. The Morgan fingerprint density at radius 1 is 1.15 bits per heavy atom. The molecule has 2 aromatic carbocycles. The summed E-state index contributed by atoms with van der Waals surface area (Å²) < 4.78 is 16.3. The molecular weight excluding hydrogens is 338 g/mol. The van der Waals surface area contributed by atoms with E-state index >= 15 is 0 Å². The van der Waals surface area contributed by atoms with Gasteiger partial charge in [0.15, 0.2) is 5.58 Å². The van der Waals surface area contributed by atoms with Crippen molar-refractivity contribution in [3.63, 3.8) is 0 Å². The lowest BCUT2D eigenvalue weighted by atomic mass is 10.2. The molecule has 1 aromatic heterocycles. The molecule has 0 aliphatic heterocycles. The summed E-state index contributed by atoms with van der Waals surface area (Å²) in [5.41, 5.74) is 1.69. The molecule has 1 unspecified atom stereocenters. The first-order chi connectivity index (χ1) is 12.5. The molecule has 134 valence electrons. The average molecular weight is 355 g/mol. The summed E-state index contributed by atoms with van der Waals surface area (Å²) in [5, 5.41) is 0. The number of carbonyl (C=O) groups is 2. The van der Waals surface area contributed by atoms with Crippen LogP contribution in [0.15, 0.2) is 57.7 Å². The predicted octanol–water partition coefficient (Wildman–Crippen LogP) is 2.69. The number of ether oxygens (including phenoxy) is 2. The number of methoxy groups -OCH3 is 1. The normalized spacial score (nSPS) is 11.9. The van der Waals surface area contributed by atoms with Gasteiger partial charge in [0.1, 0.15) is 12.6 Å². The molecular formula is C19H17NO6. The topological polar surface area (TPSA) is 87.7 Å². The lowest BCUT2D eigenvalue weighted by molar-refractivity contribution is -0.148. The first-order valence-corrected chi connectivity index (χ1v) is 7.95. The van der Waals surface area contributed by atoms with Gasteiger partial charge < -0.3 is 13.9 Å². The molecule has 0 N–H and O–H groups in total. The zero-order chi connectivity index (χ0) is 18.7.